The summed E-state index contributed by atoms with van der Waals surface area (Å²) < 4.78 is 0. The molecule has 1 aliphatic rings. The van der Waals surface area contributed by atoms with Crippen LogP contribution in [0.3, 0.4) is 0 Å². The minimum atomic E-state index is -0.813. The second kappa shape index (κ2) is 6.64. The van der Waals surface area contributed by atoms with Gasteiger partial charge in [-0.15, -0.1) is 0 Å². The van der Waals surface area contributed by atoms with Gasteiger partial charge in [-0.2, -0.15) is 5.26 Å². The van der Waals surface area contributed by atoms with Crippen molar-refractivity contribution in [3.05, 3.63) is 0 Å². The molecule has 1 fully saturated rings. The molecule has 1 N–H and O–H groups in total. The minimum Gasteiger partial charge on any atom is -0.352 e. The van der Waals surface area contributed by atoms with Crippen LogP contribution in [0.5, 0.6) is 0 Å². The topological polar surface area (TPSA) is 52.9 Å². The van der Waals surface area contributed by atoms with Gasteiger partial charge in [0.15, 0.2) is 0 Å². The van der Waals surface area contributed by atoms with E-state index >= 15 is 0 Å². The van der Waals surface area contributed by atoms with Crippen molar-refractivity contribution in [1.29, 1.82) is 5.26 Å². The Kier molecular flexibility index (Phi) is 5.47. The Morgan fingerprint density at radius 3 is 2.18 bits per heavy atom. The van der Waals surface area contributed by atoms with Gasteiger partial charge in [0.25, 0.3) is 0 Å². The summed E-state index contributed by atoms with van der Waals surface area (Å²) in [5.74, 6) is -0.0584. The van der Waals surface area contributed by atoms with E-state index in [1.54, 1.807) is 0 Å². The van der Waals surface area contributed by atoms with Gasteiger partial charge in [-0.25, -0.2) is 0 Å². The van der Waals surface area contributed by atoms with E-state index in [-0.39, 0.29) is 11.9 Å². The molecule has 0 saturated heterocycles. The van der Waals surface area contributed by atoms with Gasteiger partial charge >= 0.3 is 0 Å². The van der Waals surface area contributed by atoms with Crippen LogP contribution < -0.4 is 5.32 Å². The van der Waals surface area contributed by atoms with Crippen LogP contribution in [0.2, 0.25) is 0 Å². The van der Waals surface area contributed by atoms with E-state index in [0.29, 0.717) is 12.8 Å². The fourth-order valence-corrected chi connectivity index (χ4v) is 2.53. The first-order chi connectivity index (χ1) is 8.18. The second-order valence-corrected chi connectivity index (χ2v) is 5.06. The first-order valence-corrected chi connectivity index (χ1v) is 6.90. The lowest BCUT2D eigenvalue weighted by Crippen LogP contribution is -2.44. The predicted molar refractivity (Wildman–Crippen MR) is 68.3 cm³/mol. The number of amides is 1. The van der Waals surface area contributed by atoms with E-state index in [0.717, 1.165) is 12.8 Å². The molecule has 0 spiro atoms. The van der Waals surface area contributed by atoms with Crippen LogP contribution in [0.15, 0.2) is 0 Å². The van der Waals surface area contributed by atoms with E-state index in [1.165, 1.54) is 25.7 Å². The molecule has 0 bridgehead atoms. The molecule has 1 rings (SSSR count). The zero-order chi connectivity index (χ0) is 12.7. The van der Waals surface area contributed by atoms with Crippen molar-refractivity contribution in [2.75, 3.05) is 0 Å². The van der Waals surface area contributed by atoms with Gasteiger partial charge in [-0.3, -0.25) is 4.79 Å². The maximum Gasteiger partial charge on any atom is 0.240 e. The third-order valence-corrected chi connectivity index (χ3v) is 4.05. The number of nitrogens with zero attached hydrogens (tertiary/aromatic N) is 1. The quantitative estimate of drug-likeness (QED) is 0.762. The molecule has 3 heteroatoms. The largest absolute Gasteiger partial charge is 0.352 e. The Labute approximate surface area is 105 Å². The normalized spacial score (nSPS) is 18.2. The first kappa shape index (κ1) is 14.0. The molecule has 0 atom stereocenters. The summed E-state index contributed by atoms with van der Waals surface area (Å²) in [5, 5.41) is 12.3. The molecule has 0 aromatic carbocycles. The number of hydrogen-bond acceptors (Lipinski definition) is 2. The standard InChI is InChI=1S/C14H24N2O/c1-3-14(4-2,11-15)13(17)16-12-9-7-5-6-8-10-12/h12H,3-10H2,1-2H3,(H,16,17). The Morgan fingerprint density at radius 1 is 1.24 bits per heavy atom. The van der Waals surface area contributed by atoms with Crippen molar-refractivity contribution >= 4 is 5.91 Å². The van der Waals surface area contributed by atoms with Crippen LogP contribution >= 0.6 is 0 Å². The molecule has 0 radical (unpaired) electrons. The molecule has 1 aliphatic carbocycles. The third-order valence-electron chi connectivity index (χ3n) is 4.05. The summed E-state index contributed by atoms with van der Waals surface area (Å²) >= 11 is 0. The molecule has 1 amide bonds. The lowest BCUT2D eigenvalue weighted by molar-refractivity contribution is -0.129. The third kappa shape index (κ3) is 3.46. The molecule has 0 heterocycles. The maximum atomic E-state index is 12.2. The number of carbonyl (C=O) groups is 1. The Bertz CT molecular complexity index is 281. The van der Waals surface area contributed by atoms with Gasteiger partial charge in [0, 0.05) is 6.04 Å². The fraction of sp³-hybridized carbons (Fsp3) is 0.857. The number of carbonyl (C=O) groups excluding carboxylic acids is 1. The van der Waals surface area contributed by atoms with Gasteiger partial charge in [0.2, 0.25) is 5.91 Å². The first-order valence-electron chi connectivity index (χ1n) is 6.90. The Balaban J connectivity index is 2.60. The van der Waals surface area contributed by atoms with Crippen LogP contribution in [-0.2, 0) is 4.79 Å². The van der Waals surface area contributed by atoms with Gasteiger partial charge in [0.05, 0.1) is 6.07 Å². The summed E-state index contributed by atoms with van der Waals surface area (Å²) in [5.41, 5.74) is -0.813. The van der Waals surface area contributed by atoms with Gasteiger partial charge in [-0.05, 0) is 25.7 Å². The van der Waals surface area contributed by atoms with Crippen molar-refractivity contribution in [3.63, 3.8) is 0 Å². The van der Waals surface area contributed by atoms with Crippen molar-refractivity contribution in [2.24, 2.45) is 5.41 Å². The molecular weight excluding hydrogens is 212 g/mol. The molecule has 0 aliphatic heterocycles. The van der Waals surface area contributed by atoms with Crippen molar-refractivity contribution in [3.8, 4) is 6.07 Å². The highest BCUT2D eigenvalue weighted by atomic mass is 16.2. The summed E-state index contributed by atoms with van der Waals surface area (Å²) in [4.78, 5) is 12.2. The maximum absolute atomic E-state index is 12.2. The molecule has 0 aromatic heterocycles. The zero-order valence-corrected chi connectivity index (χ0v) is 11.1. The van der Waals surface area contributed by atoms with E-state index in [2.05, 4.69) is 11.4 Å². The fourth-order valence-electron chi connectivity index (χ4n) is 2.53. The SMILES string of the molecule is CCC(C#N)(CC)C(=O)NC1CCCCCC1. The van der Waals surface area contributed by atoms with E-state index in [4.69, 9.17) is 0 Å². The van der Waals surface area contributed by atoms with Crippen molar-refractivity contribution in [1.82, 2.24) is 5.32 Å². The van der Waals surface area contributed by atoms with Crippen LogP contribution in [0.1, 0.15) is 65.2 Å². The average molecular weight is 236 g/mol. The van der Waals surface area contributed by atoms with E-state index in [1.807, 2.05) is 13.8 Å². The second-order valence-electron chi connectivity index (χ2n) is 5.06. The van der Waals surface area contributed by atoms with Crippen molar-refractivity contribution < 1.29 is 4.79 Å². The molecule has 96 valence electrons. The van der Waals surface area contributed by atoms with Gasteiger partial charge in [0.1, 0.15) is 5.41 Å². The summed E-state index contributed by atoms with van der Waals surface area (Å²) in [6, 6.07) is 2.50. The van der Waals surface area contributed by atoms with Gasteiger partial charge in [-0.1, -0.05) is 39.5 Å². The van der Waals surface area contributed by atoms with E-state index < -0.39 is 5.41 Å². The van der Waals surface area contributed by atoms with Gasteiger partial charge < -0.3 is 5.32 Å². The molecule has 17 heavy (non-hydrogen) atoms. The Hall–Kier alpha value is -1.04. The summed E-state index contributed by atoms with van der Waals surface area (Å²) in [6.07, 6.45) is 8.28. The summed E-state index contributed by atoms with van der Waals surface area (Å²) in [6.45, 7) is 3.83. The highest BCUT2D eigenvalue weighted by Gasteiger charge is 2.35. The van der Waals surface area contributed by atoms with Crippen molar-refractivity contribution in [2.45, 2.75) is 71.3 Å². The number of rotatable bonds is 4. The van der Waals surface area contributed by atoms with E-state index in [9.17, 15) is 10.1 Å². The predicted octanol–water partition coefficient (Wildman–Crippen LogP) is 3.16. The molecule has 1 saturated carbocycles. The number of nitriles is 1. The number of hydrogen-bond donors (Lipinski definition) is 1. The van der Waals surface area contributed by atoms with Crippen LogP contribution in [0.25, 0.3) is 0 Å². The van der Waals surface area contributed by atoms with Crippen LogP contribution in [0.4, 0.5) is 0 Å². The smallest absolute Gasteiger partial charge is 0.240 e. The lowest BCUT2D eigenvalue weighted by Gasteiger charge is -2.26. The molecular formula is C14H24N2O. The molecule has 0 aromatic rings. The monoisotopic (exact) mass is 236 g/mol. The summed E-state index contributed by atoms with van der Waals surface area (Å²) in [7, 11) is 0. The highest BCUT2D eigenvalue weighted by Crippen LogP contribution is 2.26. The lowest BCUT2D eigenvalue weighted by atomic mass is 9.82. The van der Waals surface area contributed by atoms with Crippen LogP contribution in [-0.4, -0.2) is 11.9 Å². The molecule has 3 nitrogen and oxygen atoms in total. The van der Waals surface area contributed by atoms with Crippen LogP contribution in [0, 0.1) is 16.7 Å². The number of nitrogens with one attached hydrogen (secondary N) is 1. The highest BCUT2D eigenvalue weighted by molar-refractivity contribution is 5.85. The zero-order valence-electron chi connectivity index (χ0n) is 11.1. The average Bonchev–Trinajstić information content (AvgIpc) is 2.61. The Morgan fingerprint density at radius 2 is 1.76 bits per heavy atom. The minimum absolute atomic E-state index is 0.0584. The molecule has 0 unspecified atom stereocenters.